The van der Waals surface area contributed by atoms with Crippen LogP contribution in [0.15, 0.2) is 47.5 Å². The summed E-state index contributed by atoms with van der Waals surface area (Å²) in [5, 5.41) is 10.1. The Bertz CT molecular complexity index is 1250. The molecular formula is C19H16F3N5O4S. The first-order chi connectivity index (χ1) is 14.9. The molecule has 1 aromatic carbocycles. The predicted octanol–water partition coefficient (Wildman–Crippen LogP) is 1.72. The third kappa shape index (κ3) is 3.38. The second-order valence-corrected chi connectivity index (χ2v) is 9.49. The average molecular weight is 467 g/mol. The quantitative estimate of drug-likeness (QED) is 0.347. The van der Waals surface area contributed by atoms with E-state index in [1.54, 1.807) is 12.1 Å². The molecule has 1 aromatic heterocycles. The number of halogens is 3. The largest absolute Gasteiger partial charge is 0.501 e. The molecule has 2 aromatic rings. The monoisotopic (exact) mass is 467 g/mol. The molecule has 32 heavy (non-hydrogen) atoms. The number of rotatable bonds is 5. The van der Waals surface area contributed by atoms with Crippen LogP contribution in [0.4, 0.5) is 23.7 Å². The number of aromatic nitrogens is 1. The highest BCUT2D eigenvalue weighted by atomic mass is 32.2. The van der Waals surface area contributed by atoms with Crippen LogP contribution in [0.1, 0.15) is 17.7 Å². The lowest BCUT2D eigenvalue weighted by atomic mass is 10.1. The Labute approximate surface area is 179 Å². The van der Waals surface area contributed by atoms with Gasteiger partial charge in [-0.1, -0.05) is 0 Å². The van der Waals surface area contributed by atoms with E-state index in [0.29, 0.717) is 25.0 Å². The van der Waals surface area contributed by atoms with E-state index in [-0.39, 0.29) is 23.1 Å². The number of hydrogen-bond donors (Lipinski definition) is 3. The summed E-state index contributed by atoms with van der Waals surface area (Å²) in [5.74, 6) is -1.01. The zero-order valence-corrected chi connectivity index (χ0v) is 17.0. The molecule has 2 atom stereocenters. The van der Waals surface area contributed by atoms with Crippen molar-refractivity contribution in [2.75, 3.05) is 4.90 Å². The minimum Gasteiger partial charge on any atom is -0.382 e. The van der Waals surface area contributed by atoms with Gasteiger partial charge in [-0.05, 0) is 60.7 Å². The van der Waals surface area contributed by atoms with E-state index in [9.17, 15) is 31.2 Å². The SMILES string of the molecule is N=C(N)c1cc(CC2CC23NC(=O)N(c2ccc(S(=O)(=O)C(F)(F)F)cc2)C3=O)ccn1. The number of hydrogen-bond acceptors (Lipinski definition) is 6. The van der Waals surface area contributed by atoms with Gasteiger partial charge in [-0.25, -0.2) is 18.1 Å². The Balaban J connectivity index is 1.53. The third-order valence-electron chi connectivity index (χ3n) is 5.52. The third-order valence-corrected chi connectivity index (χ3v) is 7.02. The molecule has 2 aliphatic rings. The number of carbonyl (C=O) groups is 2. The molecule has 3 amide bonds. The fourth-order valence-corrected chi connectivity index (χ4v) is 4.52. The van der Waals surface area contributed by atoms with Crippen LogP contribution < -0.4 is 16.0 Å². The maximum Gasteiger partial charge on any atom is 0.501 e. The highest BCUT2D eigenvalue weighted by Gasteiger charge is 2.67. The molecule has 168 valence electrons. The van der Waals surface area contributed by atoms with Crippen LogP contribution in [-0.4, -0.2) is 42.2 Å². The number of amidine groups is 1. The zero-order valence-electron chi connectivity index (χ0n) is 16.2. The van der Waals surface area contributed by atoms with E-state index >= 15 is 0 Å². The maximum atomic E-state index is 13.0. The lowest BCUT2D eigenvalue weighted by Crippen LogP contribution is -2.35. The molecule has 1 spiro atoms. The van der Waals surface area contributed by atoms with Crippen molar-refractivity contribution in [2.45, 2.75) is 28.8 Å². The Hall–Kier alpha value is -3.48. The Morgan fingerprint density at radius 3 is 2.50 bits per heavy atom. The van der Waals surface area contributed by atoms with E-state index in [1.807, 2.05) is 0 Å². The van der Waals surface area contributed by atoms with Crippen LogP contribution >= 0.6 is 0 Å². The number of benzene rings is 1. The van der Waals surface area contributed by atoms with Gasteiger partial charge in [0.15, 0.2) is 0 Å². The van der Waals surface area contributed by atoms with Gasteiger partial charge in [-0.2, -0.15) is 13.2 Å². The van der Waals surface area contributed by atoms with Crippen LogP contribution in [0.3, 0.4) is 0 Å². The minimum absolute atomic E-state index is 0.0427. The van der Waals surface area contributed by atoms with Gasteiger partial charge in [0.1, 0.15) is 17.1 Å². The summed E-state index contributed by atoms with van der Waals surface area (Å²) in [7, 11) is -5.54. The molecule has 9 nitrogen and oxygen atoms in total. The van der Waals surface area contributed by atoms with Crippen molar-refractivity contribution in [3.8, 4) is 0 Å². The van der Waals surface area contributed by atoms with E-state index in [0.717, 1.165) is 22.6 Å². The topological polar surface area (TPSA) is 146 Å². The summed E-state index contributed by atoms with van der Waals surface area (Å²) in [4.78, 5) is 29.2. The predicted molar refractivity (Wildman–Crippen MR) is 105 cm³/mol. The van der Waals surface area contributed by atoms with Crippen molar-refractivity contribution in [3.63, 3.8) is 0 Å². The summed E-state index contributed by atoms with van der Waals surface area (Å²) in [5.41, 5.74) is -0.160. The van der Waals surface area contributed by atoms with Crippen molar-refractivity contribution >= 4 is 33.3 Å². The molecule has 0 bridgehead atoms. The smallest absolute Gasteiger partial charge is 0.382 e. The first kappa shape index (κ1) is 21.7. The van der Waals surface area contributed by atoms with Crippen LogP contribution in [0.5, 0.6) is 0 Å². The van der Waals surface area contributed by atoms with E-state index in [4.69, 9.17) is 11.1 Å². The Kier molecular flexibility index (Phi) is 4.77. The van der Waals surface area contributed by atoms with Crippen LogP contribution in [0.2, 0.25) is 0 Å². The van der Waals surface area contributed by atoms with Crippen molar-refractivity contribution in [1.82, 2.24) is 10.3 Å². The van der Waals surface area contributed by atoms with Gasteiger partial charge in [0.25, 0.3) is 15.7 Å². The molecule has 2 unspecified atom stereocenters. The number of carbonyl (C=O) groups excluding carboxylic acids is 2. The number of urea groups is 1. The first-order valence-corrected chi connectivity index (χ1v) is 10.7. The number of anilines is 1. The highest BCUT2D eigenvalue weighted by Crippen LogP contribution is 2.50. The first-order valence-electron chi connectivity index (χ1n) is 9.24. The molecule has 1 aliphatic carbocycles. The van der Waals surface area contributed by atoms with Gasteiger partial charge in [0.2, 0.25) is 0 Å². The van der Waals surface area contributed by atoms with Crippen molar-refractivity contribution in [3.05, 3.63) is 53.9 Å². The normalized spacial score (nSPS) is 22.8. The molecule has 13 heteroatoms. The molecule has 1 aliphatic heterocycles. The zero-order chi connectivity index (χ0) is 23.5. The van der Waals surface area contributed by atoms with Gasteiger partial charge in [0, 0.05) is 6.20 Å². The Morgan fingerprint density at radius 2 is 1.91 bits per heavy atom. The number of nitrogens with two attached hydrogens (primary N) is 1. The van der Waals surface area contributed by atoms with Gasteiger partial charge in [-0.15, -0.1) is 0 Å². The second kappa shape index (κ2) is 7.02. The summed E-state index contributed by atoms with van der Waals surface area (Å²) >= 11 is 0. The number of pyridine rings is 1. The molecule has 4 rings (SSSR count). The summed E-state index contributed by atoms with van der Waals surface area (Å²) in [6.07, 6.45) is 2.25. The standard InChI is InChI=1S/C19H16F3N5O4S/c20-19(21,22)32(30,31)13-3-1-12(2-4-13)27-16(28)18(26-17(27)29)9-11(18)7-10-5-6-25-14(8-10)15(23)24/h1-6,8,11H,7,9H2,(H3,23,24)(H,26,29). The number of imide groups is 1. The second-order valence-electron chi connectivity index (χ2n) is 7.55. The summed E-state index contributed by atoms with van der Waals surface area (Å²) < 4.78 is 61.1. The van der Waals surface area contributed by atoms with Gasteiger partial charge in [0.05, 0.1) is 10.6 Å². The number of alkyl halides is 3. The number of amides is 3. The minimum atomic E-state index is -5.54. The Morgan fingerprint density at radius 1 is 1.25 bits per heavy atom. The molecule has 1 saturated carbocycles. The lowest BCUT2D eigenvalue weighted by Gasteiger charge is -2.14. The van der Waals surface area contributed by atoms with Crippen molar-refractivity contribution in [2.24, 2.45) is 11.7 Å². The van der Waals surface area contributed by atoms with Crippen LogP contribution in [-0.2, 0) is 21.1 Å². The number of sulfone groups is 1. The van der Waals surface area contributed by atoms with Crippen molar-refractivity contribution < 1.29 is 31.2 Å². The summed E-state index contributed by atoms with van der Waals surface area (Å²) in [6.45, 7) is 0. The fraction of sp³-hybridized carbons (Fsp3) is 0.263. The average Bonchev–Trinajstić information content (AvgIpc) is 3.33. The van der Waals surface area contributed by atoms with Crippen molar-refractivity contribution in [1.29, 1.82) is 5.41 Å². The molecule has 4 N–H and O–H groups in total. The van der Waals surface area contributed by atoms with E-state index in [1.165, 1.54) is 6.20 Å². The molecule has 0 radical (unpaired) electrons. The highest BCUT2D eigenvalue weighted by molar-refractivity contribution is 7.92. The van der Waals surface area contributed by atoms with Crippen LogP contribution in [0, 0.1) is 11.3 Å². The summed E-state index contributed by atoms with van der Waals surface area (Å²) in [6, 6.07) is 5.94. The van der Waals surface area contributed by atoms with Gasteiger partial charge >= 0.3 is 11.5 Å². The number of nitrogens with zero attached hydrogens (tertiary/aromatic N) is 2. The van der Waals surface area contributed by atoms with Crippen LogP contribution in [0.25, 0.3) is 0 Å². The lowest BCUT2D eigenvalue weighted by molar-refractivity contribution is -0.119. The van der Waals surface area contributed by atoms with E-state index < -0.39 is 37.7 Å². The van der Waals surface area contributed by atoms with E-state index in [2.05, 4.69) is 10.3 Å². The van der Waals surface area contributed by atoms with Gasteiger partial charge < -0.3 is 11.1 Å². The van der Waals surface area contributed by atoms with Gasteiger partial charge in [-0.3, -0.25) is 15.2 Å². The molecule has 1 saturated heterocycles. The molecule has 2 heterocycles. The number of nitrogen functional groups attached to an aromatic ring is 1. The molecular weight excluding hydrogens is 451 g/mol. The number of nitrogens with one attached hydrogen (secondary N) is 2. The molecule has 2 fully saturated rings. The maximum absolute atomic E-state index is 13.0. The fourth-order valence-electron chi connectivity index (χ4n) is 3.76.